The fourth-order valence-corrected chi connectivity index (χ4v) is 1.33. The summed E-state index contributed by atoms with van der Waals surface area (Å²) in [6, 6.07) is 0.313. The summed E-state index contributed by atoms with van der Waals surface area (Å²) < 4.78 is 0. The van der Waals surface area contributed by atoms with Gasteiger partial charge in [0, 0.05) is 12.6 Å². The fraction of sp³-hybridized carbons (Fsp3) is 1.00. The van der Waals surface area contributed by atoms with Crippen LogP contribution in [-0.4, -0.2) is 30.6 Å². The highest BCUT2D eigenvalue weighted by atomic mass is 15.1. The molecule has 2 nitrogen and oxygen atoms in total. The van der Waals surface area contributed by atoms with Crippen molar-refractivity contribution >= 4 is 0 Å². The monoisotopic (exact) mass is 158 g/mol. The second kappa shape index (κ2) is 6.62. The maximum absolute atomic E-state index is 5.71. The molecule has 0 aliphatic rings. The van der Waals surface area contributed by atoms with E-state index in [0.29, 0.717) is 6.04 Å². The summed E-state index contributed by atoms with van der Waals surface area (Å²) in [7, 11) is 0. The molecule has 68 valence electrons. The maximum atomic E-state index is 5.71. The minimum atomic E-state index is 0.313. The second-order valence-electron chi connectivity index (χ2n) is 3.28. The first-order chi connectivity index (χ1) is 5.20. The molecule has 0 aromatic carbocycles. The Morgan fingerprint density at radius 2 is 1.64 bits per heavy atom. The number of nitrogens with two attached hydrogens (primary N) is 1. The summed E-state index contributed by atoms with van der Waals surface area (Å²) in [5.41, 5.74) is 5.71. The van der Waals surface area contributed by atoms with Crippen LogP contribution < -0.4 is 5.73 Å². The van der Waals surface area contributed by atoms with Crippen molar-refractivity contribution in [2.24, 2.45) is 5.73 Å². The van der Waals surface area contributed by atoms with Crippen molar-refractivity contribution in [3.63, 3.8) is 0 Å². The molecule has 0 saturated carbocycles. The fourth-order valence-electron chi connectivity index (χ4n) is 1.33. The third-order valence-corrected chi connectivity index (χ3v) is 1.63. The Morgan fingerprint density at radius 3 is 1.91 bits per heavy atom. The Morgan fingerprint density at radius 1 is 1.18 bits per heavy atom. The molecule has 0 fully saturated rings. The molecule has 0 radical (unpaired) electrons. The van der Waals surface area contributed by atoms with Crippen molar-refractivity contribution in [1.82, 2.24) is 4.90 Å². The molecule has 0 bridgehead atoms. The summed E-state index contributed by atoms with van der Waals surface area (Å²) in [6.07, 6.45) is 2.46. The van der Waals surface area contributed by atoms with Gasteiger partial charge in [-0.15, -0.1) is 0 Å². The van der Waals surface area contributed by atoms with Crippen LogP contribution in [0.2, 0.25) is 0 Å². The van der Waals surface area contributed by atoms with Gasteiger partial charge in [-0.05, 0) is 32.9 Å². The smallest absolute Gasteiger partial charge is 0.0139 e. The molecule has 2 N–H and O–H groups in total. The molecule has 0 saturated heterocycles. The van der Waals surface area contributed by atoms with Gasteiger partial charge >= 0.3 is 0 Å². The molecule has 1 atom stereocenters. The van der Waals surface area contributed by atoms with E-state index < -0.39 is 0 Å². The van der Waals surface area contributed by atoms with Crippen LogP contribution >= 0.6 is 0 Å². The number of nitrogens with zero attached hydrogens (tertiary/aromatic N) is 1. The number of rotatable bonds is 6. The predicted octanol–water partition coefficient (Wildman–Crippen LogP) is 1.46. The zero-order valence-electron chi connectivity index (χ0n) is 8.14. The second-order valence-corrected chi connectivity index (χ2v) is 3.28. The summed E-state index contributed by atoms with van der Waals surface area (Å²) in [6.45, 7) is 9.92. The third kappa shape index (κ3) is 6.32. The Hall–Kier alpha value is -0.0800. The van der Waals surface area contributed by atoms with Gasteiger partial charge in [0.2, 0.25) is 0 Å². The molecule has 0 aromatic heterocycles. The Bertz CT molecular complexity index is 75.6. The SMILES string of the molecule is CCCN(CCC)C[C@H](C)N. The Kier molecular flexibility index (Phi) is 6.57. The lowest BCUT2D eigenvalue weighted by Crippen LogP contribution is -2.36. The molecular weight excluding hydrogens is 136 g/mol. The predicted molar refractivity (Wildman–Crippen MR) is 50.7 cm³/mol. The van der Waals surface area contributed by atoms with Gasteiger partial charge in [-0.1, -0.05) is 13.8 Å². The minimum Gasteiger partial charge on any atom is -0.327 e. The number of hydrogen-bond donors (Lipinski definition) is 1. The van der Waals surface area contributed by atoms with Crippen molar-refractivity contribution in [3.05, 3.63) is 0 Å². The highest BCUT2D eigenvalue weighted by Gasteiger charge is 2.03. The van der Waals surface area contributed by atoms with Gasteiger partial charge < -0.3 is 10.6 Å². The van der Waals surface area contributed by atoms with Crippen LogP contribution in [0.1, 0.15) is 33.6 Å². The lowest BCUT2D eigenvalue weighted by molar-refractivity contribution is 0.262. The molecule has 0 unspecified atom stereocenters. The molecule has 0 amide bonds. The van der Waals surface area contributed by atoms with E-state index in [-0.39, 0.29) is 0 Å². The van der Waals surface area contributed by atoms with Gasteiger partial charge in [0.25, 0.3) is 0 Å². The molecule has 2 heteroatoms. The Labute approximate surface area is 70.8 Å². The zero-order valence-corrected chi connectivity index (χ0v) is 8.14. The summed E-state index contributed by atoms with van der Waals surface area (Å²) in [5, 5.41) is 0. The van der Waals surface area contributed by atoms with Crippen molar-refractivity contribution < 1.29 is 0 Å². The standard InChI is InChI=1S/C9H22N2/c1-4-6-11(7-5-2)8-9(3)10/h9H,4-8,10H2,1-3H3/t9-/m0/s1. The van der Waals surface area contributed by atoms with Gasteiger partial charge in [-0.3, -0.25) is 0 Å². The van der Waals surface area contributed by atoms with Crippen molar-refractivity contribution in [2.75, 3.05) is 19.6 Å². The molecular formula is C9H22N2. The van der Waals surface area contributed by atoms with Crippen LogP contribution in [0.15, 0.2) is 0 Å². The van der Waals surface area contributed by atoms with E-state index in [0.717, 1.165) is 6.54 Å². The first-order valence-corrected chi connectivity index (χ1v) is 4.68. The Balaban J connectivity index is 3.50. The van der Waals surface area contributed by atoms with Crippen LogP contribution in [0.4, 0.5) is 0 Å². The van der Waals surface area contributed by atoms with E-state index in [4.69, 9.17) is 5.73 Å². The third-order valence-electron chi connectivity index (χ3n) is 1.63. The van der Waals surface area contributed by atoms with E-state index in [2.05, 4.69) is 25.7 Å². The van der Waals surface area contributed by atoms with Crippen molar-refractivity contribution in [1.29, 1.82) is 0 Å². The van der Waals surface area contributed by atoms with Gasteiger partial charge in [0.1, 0.15) is 0 Å². The van der Waals surface area contributed by atoms with E-state index in [1.807, 2.05) is 0 Å². The largest absolute Gasteiger partial charge is 0.327 e. The molecule has 0 aliphatic heterocycles. The quantitative estimate of drug-likeness (QED) is 0.634. The lowest BCUT2D eigenvalue weighted by atomic mass is 10.3. The van der Waals surface area contributed by atoms with Crippen LogP contribution in [0, 0.1) is 0 Å². The topological polar surface area (TPSA) is 29.3 Å². The molecule has 0 rings (SSSR count). The van der Waals surface area contributed by atoms with Gasteiger partial charge in [0.15, 0.2) is 0 Å². The van der Waals surface area contributed by atoms with Gasteiger partial charge in [-0.25, -0.2) is 0 Å². The summed E-state index contributed by atoms with van der Waals surface area (Å²) >= 11 is 0. The maximum Gasteiger partial charge on any atom is 0.0139 e. The molecule has 0 heterocycles. The minimum absolute atomic E-state index is 0.313. The summed E-state index contributed by atoms with van der Waals surface area (Å²) in [4.78, 5) is 2.44. The zero-order chi connectivity index (χ0) is 8.69. The average Bonchev–Trinajstić information content (AvgIpc) is 1.87. The molecule has 0 aromatic rings. The van der Waals surface area contributed by atoms with Crippen molar-refractivity contribution in [2.45, 2.75) is 39.7 Å². The van der Waals surface area contributed by atoms with Gasteiger partial charge in [0.05, 0.1) is 0 Å². The first-order valence-electron chi connectivity index (χ1n) is 4.68. The van der Waals surface area contributed by atoms with E-state index in [9.17, 15) is 0 Å². The number of hydrogen-bond acceptors (Lipinski definition) is 2. The van der Waals surface area contributed by atoms with E-state index in [1.54, 1.807) is 0 Å². The molecule has 0 spiro atoms. The van der Waals surface area contributed by atoms with Gasteiger partial charge in [-0.2, -0.15) is 0 Å². The van der Waals surface area contributed by atoms with Crippen LogP contribution in [0.5, 0.6) is 0 Å². The van der Waals surface area contributed by atoms with Crippen LogP contribution in [-0.2, 0) is 0 Å². The lowest BCUT2D eigenvalue weighted by Gasteiger charge is -2.22. The highest BCUT2D eigenvalue weighted by molar-refractivity contribution is 4.62. The highest BCUT2D eigenvalue weighted by Crippen LogP contribution is 1.94. The normalized spacial score (nSPS) is 13.9. The average molecular weight is 158 g/mol. The van der Waals surface area contributed by atoms with E-state index >= 15 is 0 Å². The summed E-state index contributed by atoms with van der Waals surface area (Å²) in [5.74, 6) is 0. The molecule has 11 heavy (non-hydrogen) atoms. The van der Waals surface area contributed by atoms with Crippen LogP contribution in [0.3, 0.4) is 0 Å². The molecule has 0 aliphatic carbocycles. The van der Waals surface area contributed by atoms with E-state index in [1.165, 1.54) is 25.9 Å². The van der Waals surface area contributed by atoms with Crippen molar-refractivity contribution in [3.8, 4) is 0 Å². The first kappa shape index (κ1) is 10.9. The van der Waals surface area contributed by atoms with Crippen LogP contribution in [0.25, 0.3) is 0 Å².